The number of nitrogens with zero attached hydrogens (tertiary/aromatic N) is 2. The Hall–Kier alpha value is -1.03. The fourth-order valence-corrected chi connectivity index (χ4v) is 3.28. The van der Waals surface area contributed by atoms with Crippen molar-refractivity contribution < 1.29 is 0 Å². The van der Waals surface area contributed by atoms with E-state index in [0.717, 1.165) is 19.5 Å². The molecule has 0 aromatic carbocycles. The number of hydrogen-bond donors (Lipinski definition) is 1. The summed E-state index contributed by atoms with van der Waals surface area (Å²) in [5, 5.41) is 2.11. The highest BCUT2D eigenvalue weighted by Crippen LogP contribution is 2.30. The average molecular weight is 251 g/mol. The molecule has 0 amide bonds. The fraction of sp³-hybridized carbons (Fsp3) is 0.615. The van der Waals surface area contributed by atoms with Gasteiger partial charge in [-0.1, -0.05) is 19.9 Å². The van der Waals surface area contributed by atoms with E-state index in [4.69, 9.17) is 5.73 Å². The molecule has 0 bridgehead atoms. The Morgan fingerprint density at radius 1 is 1.59 bits per heavy atom. The zero-order valence-electron chi connectivity index (χ0n) is 10.8. The minimum Gasteiger partial charge on any atom is -0.370 e. The van der Waals surface area contributed by atoms with Crippen LogP contribution in [0.25, 0.3) is 0 Å². The van der Waals surface area contributed by atoms with Gasteiger partial charge < -0.3 is 10.6 Å². The predicted octanol–water partition coefficient (Wildman–Crippen LogP) is 2.68. The van der Waals surface area contributed by atoms with Gasteiger partial charge in [0.05, 0.1) is 18.6 Å². The third kappa shape index (κ3) is 2.63. The molecular formula is C13H21N3S. The number of hydrogen-bond acceptors (Lipinski definition) is 4. The summed E-state index contributed by atoms with van der Waals surface area (Å²) in [5.41, 5.74) is 6.11. The van der Waals surface area contributed by atoms with E-state index in [1.807, 2.05) is 0 Å². The number of rotatable bonds is 4. The van der Waals surface area contributed by atoms with Gasteiger partial charge in [0, 0.05) is 4.88 Å². The van der Waals surface area contributed by atoms with Gasteiger partial charge in [0.25, 0.3) is 0 Å². The molecule has 94 valence electrons. The third-order valence-corrected chi connectivity index (χ3v) is 4.11. The molecule has 0 aliphatic carbocycles. The van der Waals surface area contributed by atoms with Crippen LogP contribution in [-0.2, 0) is 6.54 Å². The lowest BCUT2D eigenvalue weighted by molar-refractivity contribution is 0.181. The van der Waals surface area contributed by atoms with Gasteiger partial charge in [-0.25, -0.2) is 0 Å². The molecule has 0 fully saturated rings. The van der Waals surface area contributed by atoms with E-state index in [9.17, 15) is 0 Å². The molecule has 1 aliphatic rings. The Bertz CT molecular complexity index is 397. The Morgan fingerprint density at radius 2 is 2.35 bits per heavy atom. The summed E-state index contributed by atoms with van der Waals surface area (Å²) in [6.07, 6.45) is 1.13. The van der Waals surface area contributed by atoms with Crippen LogP contribution in [0.15, 0.2) is 22.5 Å². The molecule has 2 N–H and O–H groups in total. The Labute approximate surface area is 107 Å². The first kappa shape index (κ1) is 12.4. The fourth-order valence-electron chi connectivity index (χ4n) is 2.58. The summed E-state index contributed by atoms with van der Waals surface area (Å²) in [5.74, 6) is 1.36. The zero-order valence-corrected chi connectivity index (χ0v) is 11.6. The third-order valence-electron chi connectivity index (χ3n) is 3.25. The summed E-state index contributed by atoms with van der Waals surface area (Å²) in [6.45, 7) is 8.48. The van der Waals surface area contributed by atoms with Crippen LogP contribution >= 0.6 is 11.3 Å². The van der Waals surface area contributed by atoms with E-state index in [1.54, 1.807) is 11.3 Å². The molecule has 1 unspecified atom stereocenters. The first-order chi connectivity index (χ1) is 8.01. The molecule has 0 radical (unpaired) electrons. The van der Waals surface area contributed by atoms with E-state index in [1.165, 1.54) is 4.88 Å². The number of aliphatic imine (C=N–C) groups is 1. The molecule has 0 saturated heterocycles. The second kappa shape index (κ2) is 4.69. The van der Waals surface area contributed by atoms with Crippen LogP contribution in [0.3, 0.4) is 0 Å². The maximum absolute atomic E-state index is 6.03. The van der Waals surface area contributed by atoms with E-state index in [-0.39, 0.29) is 5.54 Å². The van der Waals surface area contributed by atoms with Crippen molar-refractivity contribution in [1.82, 2.24) is 4.90 Å². The van der Waals surface area contributed by atoms with Crippen molar-refractivity contribution in [1.29, 1.82) is 0 Å². The first-order valence-electron chi connectivity index (χ1n) is 6.11. The molecule has 0 spiro atoms. The topological polar surface area (TPSA) is 41.6 Å². The van der Waals surface area contributed by atoms with Crippen LogP contribution in [-0.4, -0.2) is 22.9 Å². The molecule has 3 nitrogen and oxygen atoms in total. The second-order valence-electron chi connectivity index (χ2n) is 5.43. The van der Waals surface area contributed by atoms with Crippen molar-refractivity contribution in [2.75, 3.05) is 6.54 Å². The monoisotopic (exact) mass is 251 g/mol. The van der Waals surface area contributed by atoms with Crippen LogP contribution in [0.5, 0.6) is 0 Å². The second-order valence-corrected chi connectivity index (χ2v) is 6.47. The first-order valence-corrected chi connectivity index (χ1v) is 6.99. The maximum Gasteiger partial charge on any atom is 0.192 e. The summed E-state index contributed by atoms with van der Waals surface area (Å²) in [7, 11) is 0. The van der Waals surface area contributed by atoms with E-state index in [0.29, 0.717) is 11.9 Å². The highest BCUT2D eigenvalue weighted by atomic mass is 32.1. The Morgan fingerprint density at radius 3 is 2.94 bits per heavy atom. The SMILES string of the molecule is CC(C)CC1(C)CN=C(N)N1Cc1cccs1. The minimum absolute atomic E-state index is 0.0856. The van der Waals surface area contributed by atoms with Gasteiger partial charge in [-0.05, 0) is 30.7 Å². The van der Waals surface area contributed by atoms with Crippen molar-refractivity contribution in [3.05, 3.63) is 22.4 Å². The van der Waals surface area contributed by atoms with E-state index in [2.05, 4.69) is 48.2 Å². The Kier molecular flexibility index (Phi) is 3.43. The summed E-state index contributed by atoms with van der Waals surface area (Å²) >= 11 is 1.78. The lowest BCUT2D eigenvalue weighted by Gasteiger charge is -2.37. The summed E-state index contributed by atoms with van der Waals surface area (Å²) < 4.78 is 0. The molecule has 17 heavy (non-hydrogen) atoms. The number of thiophene rings is 1. The quantitative estimate of drug-likeness (QED) is 0.894. The summed E-state index contributed by atoms with van der Waals surface area (Å²) in [6, 6.07) is 4.25. The molecule has 1 aliphatic heterocycles. The predicted molar refractivity (Wildman–Crippen MR) is 74.2 cm³/mol. The molecule has 2 heterocycles. The van der Waals surface area contributed by atoms with Gasteiger partial charge in [-0.3, -0.25) is 4.99 Å². The normalized spacial score (nSPS) is 24.5. The van der Waals surface area contributed by atoms with Gasteiger partial charge in [0.1, 0.15) is 0 Å². The number of guanidine groups is 1. The smallest absolute Gasteiger partial charge is 0.192 e. The Balaban J connectivity index is 2.13. The minimum atomic E-state index is 0.0856. The van der Waals surface area contributed by atoms with Crippen molar-refractivity contribution >= 4 is 17.3 Å². The molecular weight excluding hydrogens is 230 g/mol. The summed E-state index contributed by atoms with van der Waals surface area (Å²) in [4.78, 5) is 8.04. The van der Waals surface area contributed by atoms with Crippen molar-refractivity contribution in [3.8, 4) is 0 Å². The largest absolute Gasteiger partial charge is 0.370 e. The molecule has 1 atom stereocenters. The van der Waals surface area contributed by atoms with Crippen LogP contribution in [0.1, 0.15) is 32.1 Å². The highest BCUT2D eigenvalue weighted by molar-refractivity contribution is 7.09. The van der Waals surface area contributed by atoms with Crippen molar-refractivity contribution in [2.45, 2.75) is 39.3 Å². The highest BCUT2D eigenvalue weighted by Gasteiger charge is 2.38. The molecule has 4 heteroatoms. The molecule has 1 aromatic heterocycles. The van der Waals surface area contributed by atoms with E-state index >= 15 is 0 Å². The lowest BCUT2D eigenvalue weighted by atomic mass is 9.90. The molecule has 2 rings (SSSR count). The molecule has 0 saturated carbocycles. The average Bonchev–Trinajstić information content (AvgIpc) is 2.81. The van der Waals surface area contributed by atoms with Crippen LogP contribution in [0.2, 0.25) is 0 Å². The van der Waals surface area contributed by atoms with E-state index < -0.39 is 0 Å². The maximum atomic E-state index is 6.03. The van der Waals surface area contributed by atoms with Gasteiger partial charge in [0.15, 0.2) is 5.96 Å². The van der Waals surface area contributed by atoms with Crippen LogP contribution in [0, 0.1) is 5.92 Å². The van der Waals surface area contributed by atoms with Gasteiger partial charge in [-0.2, -0.15) is 0 Å². The van der Waals surface area contributed by atoms with Gasteiger partial charge in [-0.15, -0.1) is 11.3 Å². The van der Waals surface area contributed by atoms with Gasteiger partial charge in [0.2, 0.25) is 0 Å². The molecule has 1 aromatic rings. The van der Waals surface area contributed by atoms with Crippen LogP contribution in [0.4, 0.5) is 0 Å². The lowest BCUT2D eigenvalue weighted by Crippen LogP contribution is -2.49. The van der Waals surface area contributed by atoms with Gasteiger partial charge >= 0.3 is 0 Å². The zero-order chi connectivity index (χ0) is 12.5. The standard InChI is InChI=1S/C13H21N3S/c1-10(2)7-13(3)9-15-12(14)16(13)8-11-5-4-6-17-11/h4-6,10H,7-9H2,1-3H3,(H2,14,15). The van der Waals surface area contributed by atoms with Crippen LogP contribution < -0.4 is 5.73 Å². The van der Waals surface area contributed by atoms with Crippen molar-refractivity contribution in [2.24, 2.45) is 16.6 Å². The van der Waals surface area contributed by atoms with Crippen molar-refractivity contribution in [3.63, 3.8) is 0 Å². The number of nitrogens with two attached hydrogens (primary N) is 1.